The Bertz CT molecular complexity index is 559. The Morgan fingerprint density at radius 3 is 2.57 bits per heavy atom. The van der Waals surface area contributed by atoms with Gasteiger partial charge in [-0.15, -0.1) is 12.4 Å². The fourth-order valence-electron chi connectivity index (χ4n) is 2.92. The minimum absolute atomic E-state index is 0. The van der Waals surface area contributed by atoms with Crippen molar-refractivity contribution < 1.29 is 18.0 Å². The highest BCUT2D eigenvalue weighted by Crippen LogP contribution is 2.34. The number of hydrogen-bond acceptors (Lipinski definition) is 3. The van der Waals surface area contributed by atoms with Crippen molar-refractivity contribution in [2.45, 2.75) is 26.4 Å². The van der Waals surface area contributed by atoms with Crippen LogP contribution in [0.25, 0.3) is 0 Å². The molecule has 2 atom stereocenters. The van der Waals surface area contributed by atoms with E-state index in [-0.39, 0.29) is 25.5 Å². The Labute approximate surface area is 139 Å². The highest BCUT2D eigenvalue weighted by molar-refractivity contribution is 5.85. The Balaban J connectivity index is 0.00000264. The number of carbonyl (C=O) groups excluding carboxylic acids is 1. The molecule has 0 aromatic carbocycles. The van der Waals surface area contributed by atoms with Crippen molar-refractivity contribution in [2.75, 3.05) is 19.6 Å². The van der Waals surface area contributed by atoms with E-state index in [1.54, 1.807) is 4.68 Å². The first kappa shape index (κ1) is 19.8. The predicted octanol–water partition coefficient (Wildman–Crippen LogP) is 1.52. The molecule has 9 heteroatoms. The average molecular weight is 355 g/mol. The lowest BCUT2D eigenvalue weighted by atomic mass is 9.94. The van der Waals surface area contributed by atoms with Gasteiger partial charge in [0.25, 0.3) is 0 Å². The summed E-state index contributed by atoms with van der Waals surface area (Å²) in [5, 5.41) is 9.54. The Kier molecular flexibility index (Phi) is 6.47. The number of aromatic nitrogens is 2. The standard InChI is InChI=1S/C14H21F3N4O.ClH/c1-8-10(9(2)21(3)20-8)4-5-19-13(22)11-6-18-7-12(11)14(15,16)17;/h11-12,18H,4-7H2,1-3H3,(H,19,22);1H/t11-,12-;/m1./s1. The van der Waals surface area contributed by atoms with Gasteiger partial charge in [-0.2, -0.15) is 18.3 Å². The monoisotopic (exact) mass is 354 g/mol. The summed E-state index contributed by atoms with van der Waals surface area (Å²) in [4.78, 5) is 12.0. The van der Waals surface area contributed by atoms with E-state index in [2.05, 4.69) is 15.7 Å². The highest BCUT2D eigenvalue weighted by Gasteiger charge is 2.49. The van der Waals surface area contributed by atoms with Crippen molar-refractivity contribution in [3.8, 4) is 0 Å². The fraction of sp³-hybridized carbons (Fsp3) is 0.714. The van der Waals surface area contributed by atoms with Gasteiger partial charge in [-0.25, -0.2) is 0 Å². The van der Waals surface area contributed by atoms with Crippen LogP contribution < -0.4 is 10.6 Å². The summed E-state index contributed by atoms with van der Waals surface area (Å²) < 4.78 is 40.3. The molecule has 1 aliphatic rings. The lowest BCUT2D eigenvalue weighted by Crippen LogP contribution is -2.40. The van der Waals surface area contributed by atoms with Gasteiger partial charge >= 0.3 is 6.18 Å². The normalized spacial score (nSPS) is 21.1. The average Bonchev–Trinajstić information content (AvgIpc) is 2.99. The molecule has 0 bridgehead atoms. The molecular formula is C14H22ClF3N4O. The van der Waals surface area contributed by atoms with Crippen molar-refractivity contribution >= 4 is 18.3 Å². The third-order valence-corrected chi connectivity index (χ3v) is 4.30. The number of amides is 1. The molecule has 0 spiro atoms. The van der Waals surface area contributed by atoms with E-state index < -0.39 is 23.9 Å². The Hall–Kier alpha value is -1.28. The van der Waals surface area contributed by atoms with E-state index in [0.717, 1.165) is 17.0 Å². The zero-order valence-corrected chi connectivity index (χ0v) is 14.1. The number of rotatable bonds is 4. The number of nitrogens with zero attached hydrogens (tertiary/aromatic N) is 2. The van der Waals surface area contributed by atoms with Crippen LogP contribution in [-0.4, -0.2) is 41.5 Å². The van der Waals surface area contributed by atoms with E-state index in [1.807, 2.05) is 20.9 Å². The Morgan fingerprint density at radius 2 is 2.04 bits per heavy atom. The molecule has 5 nitrogen and oxygen atoms in total. The van der Waals surface area contributed by atoms with Crippen LogP contribution in [0.1, 0.15) is 17.0 Å². The summed E-state index contributed by atoms with van der Waals surface area (Å²) >= 11 is 0. The van der Waals surface area contributed by atoms with Crippen LogP contribution in [0, 0.1) is 25.7 Å². The van der Waals surface area contributed by atoms with Crippen molar-refractivity contribution in [3.63, 3.8) is 0 Å². The van der Waals surface area contributed by atoms with Gasteiger partial charge in [0.1, 0.15) is 0 Å². The second-order valence-electron chi connectivity index (χ2n) is 5.73. The Morgan fingerprint density at radius 1 is 1.39 bits per heavy atom. The molecule has 1 saturated heterocycles. The molecule has 0 saturated carbocycles. The summed E-state index contributed by atoms with van der Waals surface area (Å²) in [5.74, 6) is -3.18. The van der Waals surface area contributed by atoms with Gasteiger partial charge in [0.2, 0.25) is 5.91 Å². The van der Waals surface area contributed by atoms with Gasteiger partial charge in [0.05, 0.1) is 17.5 Å². The summed E-state index contributed by atoms with van der Waals surface area (Å²) in [7, 11) is 1.84. The number of carbonyl (C=O) groups is 1. The molecule has 2 heterocycles. The SMILES string of the molecule is Cc1nn(C)c(C)c1CCNC(=O)[C@@H]1CNC[C@H]1C(F)(F)F.Cl. The van der Waals surface area contributed by atoms with Crippen LogP contribution in [0.15, 0.2) is 0 Å². The summed E-state index contributed by atoms with van der Waals surface area (Å²) in [5.41, 5.74) is 2.91. The van der Waals surface area contributed by atoms with E-state index in [9.17, 15) is 18.0 Å². The summed E-state index contributed by atoms with van der Waals surface area (Å²) in [6, 6.07) is 0. The zero-order chi connectivity index (χ0) is 16.5. The second kappa shape index (κ2) is 7.53. The van der Waals surface area contributed by atoms with Gasteiger partial charge in [-0.3, -0.25) is 9.48 Å². The number of alkyl halides is 3. The van der Waals surface area contributed by atoms with E-state index >= 15 is 0 Å². The van der Waals surface area contributed by atoms with Crippen molar-refractivity contribution in [3.05, 3.63) is 17.0 Å². The quantitative estimate of drug-likeness (QED) is 0.862. The zero-order valence-electron chi connectivity index (χ0n) is 13.3. The molecule has 1 aliphatic heterocycles. The van der Waals surface area contributed by atoms with Crippen LogP contribution in [0.3, 0.4) is 0 Å². The van der Waals surface area contributed by atoms with Crippen molar-refractivity contribution in [1.82, 2.24) is 20.4 Å². The topological polar surface area (TPSA) is 59.0 Å². The van der Waals surface area contributed by atoms with Crippen LogP contribution in [0.2, 0.25) is 0 Å². The van der Waals surface area contributed by atoms with Gasteiger partial charge < -0.3 is 10.6 Å². The molecule has 2 rings (SSSR count). The number of nitrogens with one attached hydrogen (secondary N) is 2. The smallest absolute Gasteiger partial charge is 0.355 e. The fourth-order valence-corrected chi connectivity index (χ4v) is 2.92. The predicted molar refractivity (Wildman–Crippen MR) is 82.5 cm³/mol. The minimum atomic E-state index is -4.35. The number of halogens is 4. The maximum absolute atomic E-state index is 12.8. The first-order valence-electron chi connectivity index (χ1n) is 7.26. The van der Waals surface area contributed by atoms with Gasteiger partial charge in [-0.05, 0) is 25.8 Å². The molecule has 1 aromatic rings. The lowest BCUT2D eigenvalue weighted by Gasteiger charge is -2.20. The van der Waals surface area contributed by atoms with Crippen LogP contribution >= 0.6 is 12.4 Å². The molecule has 0 aliphatic carbocycles. The van der Waals surface area contributed by atoms with Crippen molar-refractivity contribution in [2.24, 2.45) is 18.9 Å². The van der Waals surface area contributed by atoms with Gasteiger partial charge in [0, 0.05) is 32.4 Å². The number of aryl methyl sites for hydroxylation is 2. The molecular weight excluding hydrogens is 333 g/mol. The lowest BCUT2D eigenvalue weighted by molar-refractivity contribution is -0.182. The largest absolute Gasteiger partial charge is 0.393 e. The molecule has 0 radical (unpaired) electrons. The van der Waals surface area contributed by atoms with Gasteiger partial charge in [0.15, 0.2) is 0 Å². The third-order valence-electron chi connectivity index (χ3n) is 4.30. The molecule has 0 unspecified atom stereocenters. The molecule has 1 aromatic heterocycles. The first-order valence-corrected chi connectivity index (χ1v) is 7.26. The van der Waals surface area contributed by atoms with E-state index in [0.29, 0.717) is 13.0 Å². The van der Waals surface area contributed by atoms with Gasteiger partial charge in [-0.1, -0.05) is 0 Å². The third kappa shape index (κ3) is 4.38. The van der Waals surface area contributed by atoms with E-state index in [1.165, 1.54) is 0 Å². The molecule has 1 fully saturated rings. The number of hydrogen-bond donors (Lipinski definition) is 2. The minimum Gasteiger partial charge on any atom is -0.355 e. The molecule has 132 valence electrons. The maximum Gasteiger partial charge on any atom is 0.393 e. The van der Waals surface area contributed by atoms with E-state index in [4.69, 9.17) is 0 Å². The molecule has 1 amide bonds. The van der Waals surface area contributed by atoms with Crippen molar-refractivity contribution in [1.29, 1.82) is 0 Å². The van der Waals surface area contributed by atoms with Crippen LogP contribution in [-0.2, 0) is 18.3 Å². The maximum atomic E-state index is 12.8. The molecule has 2 N–H and O–H groups in total. The summed E-state index contributed by atoms with van der Waals surface area (Å²) in [6.45, 7) is 4.00. The highest BCUT2D eigenvalue weighted by atomic mass is 35.5. The first-order chi connectivity index (χ1) is 10.2. The van der Waals surface area contributed by atoms with Crippen LogP contribution in [0.5, 0.6) is 0 Å². The molecule has 23 heavy (non-hydrogen) atoms. The second-order valence-corrected chi connectivity index (χ2v) is 5.73. The van der Waals surface area contributed by atoms with Crippen LogP contribution in [0.4, 0.5) is 13.2 Å². The summed E-state index contributed by atoms with van der Waals surface area (Å²) in [6.07, 6.45) is -3.78.